The van der Waals surface area contributed by atoms with Gasteiger partial charge in [0.15, 0.2) is 0 Å². The number of hydrogen-bond acceptors (Lipinski definition) is 5. The average Bonchev–Trinajstić information content (AvgIpc) is 2.80. The fraction of sp³-hybridized carbons (Fsp3) is 0.364. The molecule has 172 valence electrons. The standard InChI is InChI=1S/C22H26ClN3O5S/c1-31-19-8-10-20(11-9-19)32(29,30)26-14-2-3-16(15-26)22(28)24-13-12-21(27)25-18-6-4-17(23)5-7-18/h4-11,16H,2-3,12-15H2,1H3,(H,24,28)(H,25,27). The van der Waals surface area contributed by atoms with E-state index >= 15 is 0 Å². The summed E-state index contributed by atoms with van der Waals surface area (Å²) in [7, 11) is -2.19. The minimum absolute atomic E-state index is 0.106. The number of hydrogen-bond donors (Lipinski definition) is 2. The van der Waals surface area contributed by atoms with Crippen LogP contribution in [0.5, 0.6) is 5.75 Å². The number of sulfonamides is 1. The van der Waals surface area contributed by atoms with Crippen LogP contribution < -0.4 is 15.4 Å². The highest BCUT2D eigenvalue weighted by molar-refractivity contribution is 7.89. The van der Waals surface area contributed by atoms with Gasteiger partial charge in [-0.15, -0.1) is 0 Å². The van der Waals surface area contributed by atoms with Gasteiger partial charge in [-0.25, -0.2) is 8.42 Å². The number of halogens is 1. The van der Waals surface area contributed by atoms with Crippen LogP contribution in [-0.2, 0) is 19.6 Å². The molecule has 2 N–H and O–H groups in total. The van der Waals surface area contributed by atoms with Crippen LogP contribution >= 0.6 is 11.6 Å². The van der Waals surface area contributed by atoms with E-state index in [0.29, 0.717) is 35.8 Å². The molecule has 1 aliphatic rings. The molecule has 0 aromatic heterocycles. The number of amides is 2. The average molecular weight is 480 g/mol. The number of nitrogens with zero attached hydrogens (tertiary/aromatic N) is 1. The second-order valence-electron chi connectivity index (χ2n) is 7.47. The molecule has 1 atom stereocenters. The largest absolute Gasteiger partial charge is 0.497 e. The van der Waals surface area contributed by atoms with Gasteiger partial charge in [0.1, 0.15) is 5.75 Å². The first-order valence-electron chi connectivity index (χ1n) is 10.3. The Bertz CT molecular complexity index is 1040. The lowest BCUT2D eigenvalue weighted by atomic mass is 9.99. The quantitative estimate of drug-likeness (QED) is 0.605. The molecule has 32 heavy (non-hydrogen) atoms. The van der Waals surface area contributed by atoms with E-state index in [2.05, 4.69) is 10.6 Å². The van der Waals surface area contributed by atoms with E-state index in [1.54, 1.807) is 36.4 Å². The maximum Gasteiger partial charge on any atom is 0.243 e. The number of benzene rings is 2. The second-order valence-corrected chi connectivity index (χ2v) is 9.85. The predicted molar refractivity (Wildman–Crippen MR) is 122 cm³/mol. The molecular formula is C22H26ClN3O5S. The summed E-state index contributed by atoms with van der Waals surface area (Å²) in [5.41, 5.74) is 0.623. The number of carbonyl (C=O) groups is 2. The van der Waals surface area contributed by atoms with Gasteiger partial charge >= 0.3 is 0 Å². The molecule has 0 spiro atoms. The number of piperidine rings is 1. The lowest BCUT2D eigenvalue weighted by molar-refractivity contribution is -0.126. The molecule has 1 heterocycles. The fourth-order valence-corrected chi connectivity index (χ4v) is 5.12. The van der Waals surface area contributed by atoms with Crippen LogP contribution in [0, 0.1) is 5.92 Å². The third-order valence-corrected chi connectivity index (χ3v) is 7.36. The van der Waals surface area contributed by atoms with Gasteiger partial charge in [0.25, 0.3) is 0 Å². The maximum absolute atomic E-state index is 12.9. The molecule has 1 fully saturated rings. The van der Waals surface area contributed by atoms with Gasteiger partial charge in [-0.3, -0.25) is 9.59 Å². The van der Waals surface area contributed by atoms with Crippen molar-refractivity contribution in [3.05, 3.63) is 53.6 Å². The highest BCUT2D eigenvalue weighted by Gasteiger charge is 2.33. The minimum Gasteiger partial charge on any atom is -0.497 e. The fourth-order valence-electron chi connectivity index (χ4n) is 3.47. The van der Waals surface area contributed by atoms with Gasteiger partial charge in [0.2, 0.25) is 21.8 Å². The van der Waals surface area contributed by atoms with Crippen LogP contribution in [0.15, 0.2) is 53.4 Å². The smallest absolute Gasteiger partial charge is 0.243 e. The number of ether oxygens (including phenoxy) is 1. The van der Waals surface area contributed by atoms with Crippen LogP contribution in [0.2, 0.25) is 5.02 Å². The summed E-state index contributed by atoms with van der Waals surface area (Å²) in [6.07, 6.45) is 1.29. The van der Waals surface area contributed by atoms with E-state index in [9.17, 15) is 18.0 Å². The topological polar surface area (TPSA) is 105 Å². The molecule has 0 bridgehead atoms. The van der Waals surface area contributed by atoms with Crippen molar-refractivity contribution in [3.63, 3.8) is 0 Å². The zero-order valence-electron chi connectivity index (χ0n) is 17.7. The number of carbonyl (C=O) groups excluding carboxylic acids is 2. The van der Waals surface area contributed by atoms with Crippen molar-refractivity contribution in [2.45, 2.75) is 24.2 Å². The van der Waals surface area contributed by atoms with E-state index in [1.165, 1.54) is 23.5 Å². The molecule has 3 rings (SSSR count). The highest BCUT2D eigenvalue weighted by atomic mass is 35.5. The number of anilines is 1. The Hall–Kier alpha value is -2.62. The lowest BCUT2D eigenvalue weighted by Crippen LogP contribution is -2.45. The van der Waals surface area contributed by atoms with E-state index < -0.39 is 15.9 Å². The van der Waals surface area contributed by atoms with E-state index in [-0.39, 0.29) is 36.2 Å². The van der Waals surface area contributed by atoms with Crippen LogP contribution in [0.4, 0.5) is 5.69 Å². The van der Waals surface area contributed by atoms with E-state index in [4.69, 9.17) is 16.3 Å². The Morgan fingerprint density at radius 1 is 1.12 bits per heavy atom. The third kappa shape index (κ3) is 6.21. The predicted octanol–water partition coefficient (Wildman–Crippen LogP) is 2.89. The van der Waals surface area contributed by atoms with E-state index in [1.807, 2.05) is 0 Å². The summed E-state index contributed by atoms with van der Waals surface area (Å²) in [6, 6.07) is 12.9. The van der Waals surface area contributed by atoms with E-state index in [0.717, 1.165) is 0 Å². The van der Waals surface area contributed by atoms with Gasteiger partial charge < -0.3 is 15.4 Å². The molecule has 0 saturated carbocycles. The van der Waals surface area contributed by atoms with Crippen LogP contribution in [0.3, 0.4) is 0 Å². The van der Waals surface area contributed by atoms with Crippen molar-refractivity contribution in [3.8, 4) is 5.75 Å². The number of nitrogens with one attached hydrogen (secondary N) is 2. The first kappa shape index (κ1) is 24.0. The SMILES string of the molecule is COc1ccc(S(=O)(=O)N2CCCC(C(=O)NCCC(=O)Nc3ccc(Cl)cc3)C2)cc1. The normalized spacial score (nSPS) is 16.9. The Labute approximate surface area is 192 Å². The highest BCUT2D eigenvalue weighted by Crippen LogP contribution is 2.25. The molecule has 2 amide bonds. The summed E-state index contributed by atoms with van der Waals surface area (Å²) in [5, 5.41) is 6.05. The molecule has 1 saturated heterocycles. The molecule has 8 nitrogen and oxygen atoms in total. The third-order valence-electron chi connectivity index (χ3n) is 5.23. The molecule has 10 heteroatoms. The number of methoxy groups -OCH3 is 1. The molecular weight excluding hydrogens is 454 g/mol. The Morgan fingerprint density at radius 3 is 2.47 bits per heavy atom. The van der Waals surface area contributed by atoms with Crippen molar-refractivity contribution in [1.82, 2.24) is 9.62 Å². The van der Waals surface area contributed by atoms with Crippen LogP contribution in [0.1, 0.15) is 19.3 Å². The van der Waals surface area contributed by atoms with Gasteiger partial charge in [-0.1, -0.05) is 11.6 Å². The summed E-state index contributed by atoms with van der Waals surface area (Å²) in [5.74, 6) is -0.380. The molecule has 1 aliphatic heterocycles. The second kappa shape index (κ2) is 10.8. The lowest BCUT2D eigenvalue weighted by Gasteiger charge is -2.31. The summed E-state index contributed by atoms with van der Waals surface area (Å²) < 4.78 is 32.3. The maximum atomic E-state index is 12.9. The Morgan fingerprint density at radius 2 is 1.81 bits per heavy atom. The van der Waals surface area contributed by atoms with Crippen molar-refractivity contribution in [2.75, 3.05) is 32.1 Å². The van der Waals surface area contributed by atoms with Crippen molar-refractivity contribution in [1.29, 1.82) is 0 Å². The van der Waals surface area contributed by atoms with Crippen LogP contribution in [0.25, 0.3) is 0 Å². The van der Waals surface area contributed by atoms with Crippen molar-refractivity contribution < 1.29 is 22.7 Å². The van der Waals surface area contributed by atoms with Gasteiger partial charge in [0, 0.05) is 36.8 Å². The van der Waals surface area contributed by atoms with Crippen molar-refractivity contribution in [2.24, 2.45) is 5.92 Å². The van der Waals surface area contributed by atoms with Crippen LogP contribution in [-0.4, -0.2) is 51.3 Å². The Balaban J connectivity index is 1.50. The number of rotatable bonds is 8. The summed E-state index contributed by atoms with van der Waals surface area (Å²) in [6.45, 7) is 0.638. The zero-order chi connectivity index (χ0) is 23.1. The van der Waals surface area contributed by atoms with Gasteiger partial charge in [-0.2, -0.15) is 4.31 Å². The monoisotopic (exact) mass is 479 g/mol. The van der Waals surface area contributed by atoms with Gasteiger partial charge in [0.05, 0.1) is 17.9 Å². The first-order chi connectivity index (χ1) is 15.3. The van der Waals surface area contributed by atoms with Crippen molar-refractivity contribution >= 4 is 39.1 Å². The minimum atomic E-state index is -3.70. The zero-order valence-corrected chi connectivity index (χ0v) is 19.3. The van der Waals surface area contributed by atoms with Gasteiger partial charge in [-0.05, 0) is 61.4 Å². The molecule has 2 aromatic rings. The summed E-state index contributed by atoms with van der Waals surface area (Å²) >= 11 is 5.82. The molecule has 1 unspecified atom stereocenters. The Kier molecular flexibility index (Phi) is 8.11. The molecule has 0 aliphatic carbocycles. The molecule has 0 radical (unpaired) electrons. The first-order valence-corrected chi connectivity index (χ1v) is 12.1. The summed E-state index contributed by atoms with van der Waals surface area (Å²) in [4.78, 5) is 24.8. The molecule has 2 aromatic carbocycles.